The molecule has 1 heterocycles. The molecule has 1 aliphatic rings. The third kappa shape index (κ3) is 3.87. The molecule has 0 aromatic rings. The summed E-state index contributed by atoms with van der Waals surface area (Å²) in [7, 11) is 0. The van der Waals surface area contributed by atoms with Crippen LogP contribution in [0.2, 0.25) is 0 Å². The van der Waals surface area contributed by atoms with Gasteiger partial charge in [-0.05, 0) is 33.1 Å². The lowest BCUT2D eigenvalue weighted by Crippen LogP contribution is -2.50. The third-order valence-electron chi connectivity index (χ3n) is 3.02. The fraction of sp³-hybridized carbons (Fsp3) is 0.923. The minimum atomic E-state index is -0.463. The Labute approximate surface area is 104 Å². The first-order chi connectivity index (χ1) is 7.70. The molecule has 2 atom stereocenters. The third-order valence-corrected chi connectivity index (χ3v) is 3.02. The van der Waals surface area contributed by atoms with Crippen LogP contribution in [0.5, 0.6) is 0 Å². The van der Waals surface area contributed by atoms with Crippen LogP contribution in [-0.4, -0.2) is 29.9 Å². The van der Waals surface area contributed by atoms with Crippen molar-refractivity contribution in [2.24, 2.45) is 5.92 Å². The van der Waals surface area contributed by atoms with Crippen LogP contribution in [0.25, 0.3) is 0 Å². The van der Waals surface area contributed by atoms with E-state index in [9.17, 15) is 4.79 Å². The molecule has 0 aromatic heterocycles. The summed E-state index contributed by atoms with van der Waals surface area (Å²) in [4.78, 5) is 11.8. The van der Waals surface area contributed by atoms with Crippen LogP contribution in [0.1, 0.15) is 48.0 Å². The van der Waals surface area contributed by atoms with Gasteiger partial charge in [-0.25, -0.2) is 4.79 Å². The molecule has 1 N–H and O–H groups in total. The number of hydrogen-bond acceptors (Lipinski definition) is 3. The number of rotatable bonds is 4. The number of carbonyl (C=O) groups is 1. The van der Waals surface area contributed by atoms with Crippen LogP contribution in [0.4, 0.5) is 4.79 Å². The summed E-state index contributed by atoms with van der Waals surface area (Å²) >= 11 is 0. The Morgan fingerprint density at radius 1 is 1.47 bits per heavy atom. The first-order valence-electron chi connectivity index (χ1n) is 6.33. The molecule has 0 aromatic carbocycles. The van der Waals surface area contributed by atoms with E-state index in [1.165, 1.54) is 0 Å². The van der Waals surface area contributed by atoms with Gasteiger partial charge in [-0.3, -0.25) is 0 Å². The SMILES string of the molecule is CCC1(C(NC(=O)OC(C)(C)C)C(C)C)CO1. The van der Waals surface area contributed by atoms with E-state index in [2.05, 4.69) is 26.1 Å². The largest absolute Gasteiger partial charge is 0.444 e. The molecule has 0 radical (unpaired) electrons. The van der Waals surface area contributed by atoms with Gasteiger partial charge in [-0.2, -0.15) is 0 Å². The highest BCUT2D eigenvalue weighted by Crippen LogP contribution is 2.37. The summed E-state index contributed by atoms with van der Waals surface area (Å²) in [5.41, 5.74) is -0.638. The lowest BCUT2D eigenvalue weighted by Gasteiger charge is -2.29. The summed E-state index contributed by atoms with van der Waals surface area (Å²) in [6.07, 6.45) is 0.547. The van der Waals surface area contributed by atoms with E-state index < -0.39 is 5.60 Å². The lowest BCUT2D eigenvalue weighted by molar-refractivity contribution is 0.0444. The van der Waals surface area contributed by atoms with Crippen molar-refractivity contribution in [3.05, 3.63) is 0 Å². The van der Waals surface area contributed by atoms with Crippen LogP contribution < -0.4 is 5.32 Å². The molecule has 100 valence electrons. The molecule has 2 unspecified atom stereocenters. The summed E-state index contributed by atoms with van der Waals surface area (Å²) in [5.74, 6) is 0.324. The van der Waals surface area contributed by atoms with E-state index in [4.69, 9.17) is 9.47 Å². The van der Waals surface area contributed by atoms with Gasteiger partial charge in [-0.15, -0.1) is 0 Å². The number of amides is 1. The molecule has 4 heteroatoms. The van der Waals surface area contributed by atoms with Crippen LogP contribution in [0.3, 0.4) is 0 Å². The van der Waals surface area contributed by atoms with Crippen molar-refractivity contribution < 1.29 is 14.3 Å². The van der Waals surface area contributed by atoms with Crippen LogP contribution in [0, 0.1) is 5.92 Å². The maximum atomic E-state index is 11.8. The van der Waals surface area contributed by atoms with Gasteiger partial charge < -0.3 is 14.8 Å². The maximum absolute atomic E-state index is 11.8. The summed E-state index contributed by atoms with van der Waals surface area (Å²) in [5, 5.41) is 2.94. The van der Waals surface area contributed by atoms with Gasteiger partial charge >= 0.3 is 6.09 Å². The second-order valence-electron chi connectivity index (χ2n) is 6.07. The first-order valence-corrected chi connectivity index (χ1v) is 6.33. The van der Waals surface area contributed by atoms with E-state index >= 15 is 0 Å². The second kappa shape index (κ2) is 4.84. The van der Waals surface area contributed by atoms with Gasteiger partial charge in [-0.1, -0.05) is 20.8 Å². The predicted molar refractivity (Wildman–Crippen MR) is 67.0 cm³/mol. The van der Waals surface area contributed by atoms with Crippen molar-refractivity contribution in [3.8, 4) is 0 Å². The second-order valence-corrected chi connectivity index (χ2v) is 6.07. The van der Waals surface area contributed by atoms with Crippen LogP contribution in [-0.2, 0) is 9.47 Å². The normalized spacial score (nSPS) is 25.6. The Hall–Kier alpha value is -0.770. The lowest BCUT2D eigenvalue weighted by atomic mass is 9.89. The Balaban J connectivity index is 2.60. The zero-order valence-corrected chi connectivity index (χ0v) is 11.8. The van der Waals surface area contributed by atoms with Crippen molar-refractivity contribution in [1.29, 1.82) is 0 Å². The van der Waals surface area contributed by atoms with Crippen LogP contribution >= 0.6 is 0 Å². The fourth-order valence-electron chi connectivity index (χ4n) is 2.04. The van der Waals surface area contributed by atoms with E-state index in [0.717, 1.165) is 13.0 Å². The van der Waals surface area contributed by atoms with Crippen molar-refractivity contribution in [2.75, 3.05) is 6.61 Å². The molecule has 0 aliphatic carbocycles. The first kappa shape index (κ1) is 14.3. The summed E-state index contributed by atoms with van der Waals surface area (Å²) in [6.45, 7) is 12.6. The van der Waals surface area contributed by atoms with Crippen molar-refractivity contribution >= 4 is 6.09 Å². The highest BCUT2D eigenvalue weighted by atomic mass is 16.6. The molecule has 4 nitrogen and oxygen atoms in total. The number of alkyl carbamates (subject to hydrolysis) is 1. The molecule has 0 spiro atoms. The van der Waals surface area contributed by atoms with Gasteiger partial charge in [0.05, 0.1) is 12.6 Å². The predicted octanol–water partition coefficient (Wildman–Crippen LogP) is 2.71. The summed E-state index contributed by atoms with van der Waals surface area (Å²) < 4.78 is 10.8. The van der Waals surface area contributed by atoms with Gasteiger partial charge in [0.15, 0.2) is 0 Å². The molecule has 1 rings (SSSR count). The molecule has 0 bridgehead atoms. The van der Waals surface area contributed by atoms with Gasteiger partial charge in [0, 0.05) is 0 Å². The van der Waals surface area contributed by atoms with Crippen molar-refractivity contribution in [2.45, 2.75) is 65.2 Å². The van der Waals surface area contributed by atoms with Crippen molar-refractivity contribution in [1.82, 2.24) is 5.32 Å². The molecule has 1 saturated heterocycles. The van der Waals surface area contributed by atoms with E-state index in [1.807, 2.05) is 20.8 Å². The Bertz CT molecular complexity index is 277. The van der Waals surface area contributed by atoms with E-state index in [1.54, 1.807) is 0 Å². The average Bonchev–Trinajstić information content (AvgIpc) is 2.91. The van der Waals surface area contributed by atoms with Gasteiger partial charge in [0.2, 0.25) is 0 Å². The fourth-order valence-corrected chi connectivity index (χ4v) is 2.04. The minimum absolute atomic E-state index is 0.0161. The quantitative estimate of drug-likeness (QED) is 0.772. The zero-order valence-electron chi connectivity index (χ0n) is 11.8. The van der Waals surface area contributed by atoms with Crippen LogP contribution in [0.15, 0.2) is 0 Å². The van der Waals surface area contributed by atoms with E-state index in [0.29, 0.717) is 5.92 Å². The van der Waals surface area contributed by atoms with Gasteiger partial charge in [0.25, 0.3) is 0 Å². The molecule has 0 saturated carbocycles. The summed E-state index contributed by atoms with van der Waals surface area (Å²) in [6, 6.07) is 0.0161. The minimum Gasteiger partial charge on any atom is -0.444 e. The molecule has 1 aliphatic heterocycles. The molecule has 1 fully saturated rings. The maximum Gasteiger partial charge on any atom is 0.407 e. The number of nitrogens with one attached hydrogen (secondary N) is 1. The number of hydrogen-bond donors (Lipinski definition) is 1. The highest BCUT2D eigenvalue weighted by Gasteiger charge is 2.52. The monoisotopic (exact) mass is 243 g/mol. The zero-order chi connectivity index (χ0) is 13.3. The smallest absolute Gasteiger partial charge is 0.407 e. The number of epoxide rings is 1. The topological polar surface area (TPSA) is 50.9 Å². The van der Waals surface area contributed by atoms with Gasteiger partial charge in [0.1, 0.15) is 11.2 Å². The highest BCUT2D eigenvalue weighted by molar-refractivity contribution is 5.68. The Morgan fingerprint density at radius 3 is 2.29 bits per heavy atom. The van der Waals surface area contributed by atoms with E-state index in [-0.39, 0.29) is 17.7 Å². The number of ether oxygens (including phenoxy) is 2. The Kier molecular flexibility index (Phi) is 4.07. The molecular formula is C13H25NO3. The average molecular weight is 243 g/mol. The molecule has 17 heavy (non-hydrogen) atoms. The molecular weight excluding hydrogens is 218 g/mol. The van der Waals surface area contributed by atoms with Crippen molar-refractivity contribution in [3.63, 3.8) is 0 Å². The molecule has 1 amide bonds. The number of carbonyl (C=O) groups excluding carboxylic acids is 1. The Morgan fingerprint density at radius 2 is 2.00 bits per heavy atom. The standard InChI is InChI=1S/C13H25NO3/c1-7-13(8-16-13)10(9(2)3)14-11(15)17-12(4,5)6/h9-10H,7-8H2,1-6H3,(H,14,15).